The fraction of sp³-hybridized carbons (Fsp3) is 0.100. The first-order valence-electron chi connectivity index (χ1n) is 8.75. The second kappa shape index (κ2) is 8.49. The van der Waals surface area contributed by atoms with Crippen molar-refractivity contribution in [1.82, 2.24) is 25.1 Å². The molecule has 0 unspecified atom stereocenters. The lowest BCUT2D eigenvalue weighted by atomic mass is 10.2. The van der Waals surface area contributed by atoms with E-state index in [0.717, 1.165) is 11.0 Å². The van der Waals surface area contributed by atoms with E-state index in [1.165, 1.54) is 11.8 Å². The predicted octanol–water partition coefficient (Wildman–Crippen LogP) is 4.59. The van der Waals surface area contributed by atoms with E-state index in [9.17, 15) is 10.4 Å². The lowest BCUT2D eigenvalue weighted by Crippen LogP contribution is -1.95. The van der Waals surface area contributed by atoms with Gasteiger partial charge in [0.15, 0.2) is 11.6 Å². The number of rotatable bonds is 6. The Morgan fingerprint density at radius 1 is 1.27 bits per heavy atom. The van der Waals surface area contributed by atoms with Crippen molar-refractivity contribution in [3.63, 3.8) is 0 Å². The molecule has 0 bridgehead atoms. The fourth-order valence-electron chi connectivity index (χ4n) is 2.83. The number of aromatic amines is 2. The zero-order chi connectivity index (χ0) is 21.1. The standard InChI is InChI=1S/C20H15ClN6O2S/c1-29-17-7-6-11(21)8-12(17)19-25-20(27-26-19)30-10-16(28)13(9-22)18-23-14-4-2-3-5-15(14)24-18/h2-8,28H,10H2,1H3,(H,23,24)(H,25,26,27)/b16-13-. The van der Waals surface area contributed by atoms with Crippen molar-refractivity contribution in [2.24, 2.45) is 0 Å². The summed E-state index contributed by atoms with van der Waals surface area (Å²) in [5.41, 5.74) is 2.25. The van der Waals surface area contributed by atoms with Gasteiger partial charge in [0.25, 0.3) is 0 Å². The van der Waals surface area contributed by atoms with Crippen LogP contribution < -0.4 is 4.74 Å². The van der Waals surface area contributed by atoms with Gasteiger partial charge in [0.05, 0.1) is 29.5 Å². The molecule has 0 spiro atoms. The van der Waals surface area contributed by atoms with Crippen LogP contribution in [-0.2, 0) is 0 Å². The van der Waals surface area contributed by atoms with Crippen molar-refractivity contribution in [1.29, 1.82) is 5.26 Å². The van der Waals surface area contributed by atoms with Crippen molar-refractivity contribution in [2.75, 3.05) is 12.9 Å². The molecule has 2 aromatic carbocycles. The molecule has 0 fully saturated rings. The van der Waals surface area contributed by atoms with Crippen LogP contribution in [0, 0.1) is 11.3 Å². The number of imidazole rings is 1. The molecule has 0 amide bonds. The van der Waals surface area contributed by atoms with Crippen LogP contribution >= 0.6 is 23.4 Å². The number of allylic oxidation sites excluding steroid dienone is 1. The average molecular weight is 439 g/mol. The number of fused-ring (bicyclic) bond motifs is 1. The summed E-state index contributed by atoms with van der Waals surface area (Å²) in [6.07, 6.45) is 0. The van der Waals surface area contributed by atoms with Crippen molar-refractivity contribution in [3.05, 3.63) is 59.1 Å². The number of hydrogen-bond donors (Lipinski definition) is 3. The molecule has 8 nitrogen and oxygen atoms in total. The molecule has 0 radical (unpaired) electrons. The van der Waals surface area contributed by atoms with E-state index in [4.69, 9.17) is 16.3 Å². The largest absolute Gasteiger partial charge is 0.510 e. The Labute approximate surface area is 180 Å². The molecule has 0 aliphatic rings. The third kappa shape index (κ3) is 3.96. The van der Waals surface area contributed by atoms with Crippen LogP contribution in [0.4, 0.5) is 0 Å². The average Bonchev–Trinajstić information content (AvgIpc) is 3.39. The van der Waals surface area contributed by atoms with Gasteiger partial charge in [-0.2, -0.15) is 5.26 Å². The zero-order valence-electron chi connectivity index (χ0n) is 15.7. The molecule has 10 heteroatoms. The number of nitrogens with one attached hydrogen (secondary N) is 2. The normalized spacial score (nSPS) is 11.9. The number of ether oxygens (including phenoxy) is 1. The van der Waals surface area contributed by atoms with Crippen molar-refractivity contribution >= 4 is 40.0 Å². The molecule has 4 rings (SSSR count). The Balaban J connectivity index is 1.54. The molecule has 2 aromatic heterocycles. The molecule has 150 valence electrons. The number of benzene rings is 2. The minimum absolute atomic E-state index is 0.0750. The van der Waals surface area contributed by atoms with E-state index < -0.39 is 0 Å². The van der Waals surface area contributed by atoms with Crippen LogP contribution in [0.15, 0.2) is 53.4 Å². The number of nitriles is 1. The van der Waals surface area contributed by atoms with Gasteiger partial charge in [-0.05, 0) is 30.3 Å². The highest BCUT2D eigenvalue weighted by Crippen LogP contribution is 2.31. The summed E-state index contributed by atoms with van der Waals surface area (Å²) in [6, 6.07) is 14.6. The van der Waals surface area contributed by atoms with Gasteiger partial charge in [0.1, 0.15) is 23.2 Å². The van der Waals surface area contributed by atoms with Gasteiger partial charge in [0.2, 0.25) is 5.16 Å². The van der Waals surface area contributed by atoms with E-state index in [2.05, 4.69) is 25.1 Å². The Morgan fingerprint density at radius 3 is 2.87 bits per heavy atom. The monoisotopic (exact) mass is 438 g/mol. The quantitative estimate of drug-likeness (QED) is 0.228. The van der Waals surface area contributed by atoms with Crippen LogP contribution in [-0.4, -0.2) is 43.1 Å². The number of aliphatic hydroxyl groups excluding tert-OH is 1. The molecular formula is C20H15ClN6O2S. The van der Waals surface area contributed by atoms with Crippen LogP contribution in [0.1, 0.15) is 5.82 Å². The number of para-hydroxylation sites is 2. The molecule has 0 aliphatic carbocycles. The summed E-state index contributed by atoms with van der Waals surface area (Å²) in [5.74, 6) is 1.39. The topological polar surface area (TPSA) is 124 Å². The molecule has 0 atom stereocenters. The molecule has 30 heavy (non-hydrogen) atoms. The summed E-state index contributed by atoms with van der Waals surface area (Å²) in [7, 11) is 1.56. The molecule has 0 aliphatic heterocycles. The van der Waals surface area contributed by atoms with E-state index in [-0.39, 0.29) is 17.1 Å². The number of hydrogen-bond acceptors (Lipinski definition) is 7. The molecule has 4 aromatic rings. The number of halogens is 1. The number of aromatic nitrogens is 5. The second-order valence-electron chi connectivity index (χ2n) is 6.14. The lowest BCUT2D eigenvalue weighted by Gasteiger charge is -2.05. The molecular weight excluding hydrogens is 424 g/mol. The lowest BCUT2D eigenvalue weighted by molar-refractivity contribution is 0.416. The van der Waals surface area contributed by atoms with Gasteiger partial charge in [-0.25, -0.2) is 9.97 Å². The minimum Gasteiger partial charge on any atom is -0.510 e. The Kier molecular flexibility index (Phi) is 5.61. The first kappa shape index (κ1) is 19.8. The molecule has 0 saturated heterocycles. The van der Waals surface area contributed by atoms with E-state index >= 15 is 0 Å². The highest BCUT2D eigenvalue weighted by atomic mass is 35.5. The number of nitrogens with zero attached hydrogens (tertiary/aromatic N) is 4. The maximum Gasteiger partial charge on any atom is 0.209 e. The van der Waals surface area contributed by atoms with Crippen molar-refractivity contribution in [2.45, 2.75) is 5.16 Å². The highest BCUT2D eigenvalue weighted by molar-refractivity contribution is 7.99. The second-order valence-corrected chi connectivity index (χ2v) is 7.51. The molecule has 0 saturated carbocycles. The maximum absolute atomic E-state index is 10.5. The highest BCUT2D eigenvalue weighted by Gasteiger charge is 2.16. The van der Waals surface area contributed by atoms with E-state index in [1.807, 2.05) is 30.3 Å². The summed E-state index contributed by atoms with van der Waals surface area (Å²) in [5, 5.41) is 27.9. The maximum atomic E-state index is 10.5. The third-order valence-corrected chi connectivity index (χ3v) is 5.34. The van der Waals surface area contributed by atoms with Gasteiger partial charge >= 0.3 is 0 Å². The summed E-state index contributed by atoms with van der Waals surface area (Å²) >= 11 is 7.25. The summed E-state index contributed by atoms with van der Waals surface area (Å²) in [6.45, 7) is 0. The number of H-pyrrole nitrogens is 2. The van der Waals surface area contributed by atoms with E-state index in [1.54, 1.807) is 25.3 Å². The fourth-order valence-corrected chi connectivity index (χ4v) is 3.68. The number of methoxy groups -OCH3 is 1. The van der Waals surface area contributed by atoms with Gasteiger partial charge in [-0.3, -0.25) is 5.10 Å². The number of thioether (sulfide) groups is 1. The van der Waals surface area contributed by atoms with E-state index in [0.29, 0.717) is 33.1 Å². The first-order valence-corrected chi connectivity index (χ1v) is 10.1. The number of aliphatic hydroxyl groups is 1. The Bertz CT molecular complexity index is 1260. The minimum atomic E-state index is -0.117. The van der Waals surface area contributed by atoms with Crippen LogP contribution in [0.25, 0.3) is 28.0 Å². The first-order chi connectivity index (χ1) is 14.6. The Morgan fingerprint density at radius 2 is 2.10 bits per heavy atom. The summed E-state index contributed by atoms with van der Waals surface area (Å²) in [4.78, 5) is 11.8. The molecule has 3 N–H and O–H groups in total. The third-order valence-electron chi connectivity index (χ3n) is 4.25. The Hall–Kier alpha value is -3.48. The predicted molar refractivity (Wildman–Crippen MR) is 115 cm³/mol. The van der Waals surface area contributed by atoms with Gasteiger partial charge in [-0.1, -0.05) is 35.5 Å². The molecule has 2 heterocycles. The van der Waals surface area contributed by atoms with Crippen LogP contribution in [0.5, 0.6) is 5.75 Å². The smallest absolute Gasteiger partial charge is 0.209 e. The van der Waals surface area contributed by atoms with Crippen molar-refractivity contribution < 1.29 is 9.84 Å². The van der Waals surface area contributed by atoms with Gasteiger partial charge in [0, 0.05) is 5.02 Å². The van der Waals surface area contributed by atoms with Crippen LogP contribution in [0.3, 0.4) is 0 Å². The SMILES string of the molecule is COc1ccc(Cl)cc1-c1nc(SC/C(O)=C(\C#N)c2nc3ccccc3[nH]2)n[nH]1. The van der Waals surface area contributed by atoms with Crippen molar-refractivity contribution in [3.8, 4) is 23.2 Å². The zero-order valence-corrected chi connectivity index (χ0v) is 17.3. The summed E-state index contributed by atoms with van der Waals surface area (Å²) < 4.78 is 5.33. The van der Waals surface area contributed by atoms with Gasteiger partial charge in [-0.15, -0.1) is 5.10 Å². The van der Waals surface area contributed by atoms with Gasteiger partial charge < -0.3 is 14.8 Å². The van der Waals surface area contributed by atoms with Crippen LogP contribution in [0.2, 0.25) is 5.02 Å².